The number of rotatable bonds is 6. The molecular formula is C88H94N4O6. The largest absolute Gasteiger partial charge is 0.465 e. The van der Waals surface area contributed by atoms with Gasteiger partial charge in [-0.2, -0.15) is 0 Å². The van der Waals surface area contributed by atoms with Gasteiger partial charge in [0.15, 0.2) is 0 Å². The van der Waals surface area contributed by atoms with Crippen molar-refractivity contribution in [1.82, 2.24) is 19.9 Å². The molecule has 8 bridgehead atoms. The monoisotopic (exact) mass is 1300 g/mol. The zero-order valence-corrected chi connectivity index (χ0v) is 61.9. The van der Waals surface area contributed by atoms with E-state index >= 15 is 0 Å². The Labute approximate surface area is 579 Å². The molecule has 13 rings (SSSR count). The average Bonchev–Trinajstić information content (AvgIpc) is 0.809. The smallest absolute Gasteiger partial charge is 0.341 e. The summed E-state index contributed by atoms with van der Waals surface area (Å²) in [5.41, 5.74) is 26.6. The molecule has 4 aliphatic rings. The van der Waals surface area contributed by atoms with E-state index in [9.17, 15) is 9.59 Å². The third kappa shape index (κ3) is 11.1. The number of esters is 2. The van der Waals surface area contributed by atoms with Gasteiger partial charge < -0.3 is 28.9 Å². The van der Waals surface area contributed by atoms with Gasteiger partial charge in [-0.3, -0.25) is 0 Å². The summed E-state index contributed by atoms with van der Waals surface area (Å²) >= 11 is 0. The Morgan fingerprint density at radius 2 is 0.633 bits per heavy atom. The van der Waals surface area contributed by atoms with E-state index in [0.717, 1.165) is 167 Å². The number of ether oxygens (including phenoxy) is 4. The van der Waals surface area contributed by atoms with Crippen molar-refractivity contribution in [1.29, 1.82) is 0 Å². The second kappa shape index (κ2) is 23.0. The first kappa shape index (κ1) is 67.0. The number of nitrogens with one attached hydrogen (secondary N) is 2. The van der Waals surface area contributed by atoms with E-state index in [1.54, 1.807) is 0 Å². The Morgan fingerprint density at radius 3 is 0.918 bits per heavy atom. The molecule has 0 aliphatic carbocycles. The number of aromatic amines is 2. The third-order valence-corrected chi connectivity index (χ3v) is 20.9. The van der Waals surface area contributed by atoms with Gasteiger partial charge >= 0.3 is 11.9 Å². The van der Waals surface area contributed by atoms with Crippen LogP contribution in [0, 0.1) is 41.5 Å². The van der Waals surface area contributed by atoms with E-state index < -0.39 is 22.8 Å². The van der Waals surface area contributed by atoms with E-state index in [1.165, 1.54) is 14.2 Å². The standard InChI is InChI=1S/C88H94N4O6/c1-45-33-47(3)71(48(4)34-45)75-67-29-25-63(89-67)73(55-37-51(83(7,8)9)41-59-77(55)97-79-57(81(93)95-23)39-53(85(13,14)15)43-61(79)87(59,19)20)65-27-31-69(91-65)76(72-49(5)35-46(2)36-50(72)6)70-32-28-66(92-70)74(64-26-30-68(75)90-64)56-38-52(84(10,11)12)42-60-78(56)98-80-58(82(94)96-24)40-54(86(16,17)18)44-62(80)88(60,21)22/h25-44,89,92H,1-24H3. The van der Waals surface area contributed by atoms with Gasteiger partial charge in [0.25, 0.3) is 0 Å². The van der Waals surface area contributed by atoms with Gasteiger partial charge in [0.05, 0.1) is 37.0 Å². The number of aryl methyl sites for hydroxylation is 6. The van der Waals surface area contributed by atoms with E-state index in [2.05, 4.69) is 272 Å². The molecule has 9 aromatic rings. The molecule has 4 aliphatic heterocycles. The van der Waals surface area contributed by atoms with Crippen LogP contribution in [-0.4, -0.2) is 46.1 Å². The topological polar surface area (TPSA) is 128 Å². The minimum absolute atomic E-state index is 0.287. The van der Waals surface area contributed by atoms with E-state index in [0.29, 0.717) is 34.1 Å². The number of aromatic nitrogens is 4. The SMILES string of the molecule is COC(=O)c1cc(C(C)(C)C)cc2c1Oc1c(-c3c4nc(c(-c5c(C)cc(C)cc5C)c5ccc([nH]5)c(-c5cc(C(C)(C)C)cc6c5Oc5c(C(=O)OC)cc(C(C)(C)C)cc5C6(C)C)c5nc(c(-c6c(C)cc(C)cc6C)c6ccc3[nH]6)C=C5)C=C4)cc(C(C)(C)C)cc1C2(C)C. The number of methoxy groups -OCH3 is 2. The van der Waals surface area contributed by atoms with Crippen molar-refractivity contribution < 1.29 is 28.5 Å². The van der Waals surface area contributed by atoms with Gasteiger partial charge in [-0.25, -0.2) is 19.6 Å². The molecule has 3 aromatic heterocycles. The van der Waals surface area contributed by atoms with Crippen molar-refractivity contribution >= 4 is 58.3 Å². The molecular weight excluding hydrogens is 1210 g/mol. The summed E-state index contributed by atoms with van der Waals surface area (Å²) in [6, 6.07) is 35.2. The number of hydrogen-bond acceptors (Lipinski definition) is 8. The molecule has 7 heterocycles. The first-order valence-corrected chi connectivity index (χ1v) is 34.4. The quantitative estimate of drug-likeness (QED) is 0.158. The fourth-order valence-corrected chi connectivity index (χ4v) is 15.4. The van der Waals surface area contributed by atoms with Gasteiger partial charge in [0.2, 0.25) is 0 Å². The molecule has 0 radical (unpaired) electrons. The van der Waals surface area contributed by atoms with Gasteiger partial charge in [-0.1, -0.05) is 170 Å². The fourth-order valence-electron chi connectivity index (χ4n) is 15.4. The predicted octanol–water partition coefficient (Wildman–Crippen LogP) is 22.8. The average molecular weight is 1300 g/mol. The maximum atomic E-state index is 14.2. The molecule has 0 unspecified atom stereocenters. The number of benzene rings is 6. The first-order valence-electron chi connectivity index (χ1n) is 34.4. The van der Waals surface area contributed by atoms with E-state index in [1.807, 2.05) is 12.1 Å². The van der Waals surface area contributed by atoms with Gasteiger partial charge in [0.1, 0.15) is 34.1 Å². The second-order valence-corrected chi connectivity index (χ2v) is 33.1. The maximum absolute atomic E-state index is 14.2. The Kier molecular flexibility index (Phi) is 15.8. The molecule has 98 heavy (non-hydrogen) atoms. The minimum atomic E-state index is -0.666. The van der Waals surface area contributed by atoms with Crippen LogP contribution in [0.5, 0.6) is 23.0 Å². The normalized spacial score (nSPS) is 14.4. The Balaban J connectivity index is 1.21. The Hall–Kier alpha value is -9.54. The molecule has 0 fully saturated rings. The molecule has 2 N–H and O–H groups in total. The molecule has 6 aromatic carbocycles. The van der Waals surface area contributed by atoms with Crippen molar-refractivity contribution in [3.63, 3.8) is 0 Å². The summed E-state index contributed by atoms with van der Waals surface area (Å²) in [5.74, 6) is 1.32. The van der Waals surface area contributed by atoms with Crippen molar-refractivity contribution in [2.75, 3.05) is 14.2 Å². The lowest BCUT2D eigenvalue weighted by atomic mass is 9.70. The number of fused-ring (bicyclic) bond motifs is 12. The lowest BCUT2D eigenvalue weighted by molar-refractivity contribution is 0.0587. The third-order valence-electron chi connectivity index (χ3n) is 20.9. The van der Waals surface area contributed by atoms with E-state index in [-0.39, 0.29) is 21.7 Å². The fraction of sp³-hybridized carbons (Fsp3) is 0.341. The van der Waals surface area contributed by atoms with Crippen LogP contribution in [0.25, 0.3) is 90.9 Å². The van der Waals surface area contributed by atoms with Crippen LogP contribution in [0.3, 0.4) is 0 Å². The molecule has 0 spiro atoms. The summed E-state index contributed by atoms with van der Waals surface area (Å²) in [6.45, 7) is 48.6. The molecule has 10 heteroatoms. The number of carbonyl (C=O) groups is 2. The van der Waals surface area contributed by atoms with Crippen molar-refractivity contribution in [2.45, 2.75) is 185 Å². The zero-order valence-electron chi connectivity index (χ0n) is 61.9. The predicted molar refractivity (Wildman–Crippen MR) is 404 cm³/mol. The first-order chi connectivity index (χ1) is 45.8. The van der Waals surface area contributed by atoms with Crippen molar-refractivity contribution in [3.05, 3.63) is 209 Å². The molecule has 10 nitrogen and oxygen atoms in total. The lowest BCUT2D eigenvalue weighted by Crippen LogP contribution is -2.28. The number of carbonyl (C=O) groups excluding carboxylic acids is 2. The second-order valence-electron chi connectivity index (χ2n) is 33.1. The van der Waals surface area contributed by atoms with Crippen molar-refractivity contribution in [3.8, 4) is 67.5 Å². The van der Waals surface area contributed by atoms with Crippen LogP contribution < -0.4 is 9.47 Å². The minimum Gasteiger partial charge on any atom is -0.465 e. The maximum Gasteiger partial charge on any atom is 0.341 e. The van der Waals surface area contributed by atoms with Gasteiger partial charge in [0, 0.05) is 88.5 Å². The summed E-state index contributed by atoms with van der Waals surface area (Å²) in [7, 11) is 2.87. The summed E-state index contributed by atoms with van der Waals surface area (Å²) in [5, 5.41) is 0. The number of H-pyrrole nitrogens is 2. The number of nitrogens with zero attached hydrogens (tertiary/aromatic N) is 2. The Bertz CT molecular complexity index is 4830. The van der Waals surface area contributed by atoms with Crippen LogP contribution in [0.2, 0.25) is 0 Å². The van der Waals surface area contributed by atoms with Crippen LogP contribution in [0.4, 0.5) is 0 Å². The summed E-state index contributed by atoms with van der Waals surface area (Å²) in [4.78, 5) is 48.5. The molecule has 0 saturated heterocycles. The van der Waals surface area contributed by atoms with E-state index in [4.69, 9.17) is 28.9 Å². The Morgan fingerprint density at radius 1 is 0.367 bits per heavy atom. The number of hydrogen-bond donors (Lipinski definition) is 2. The highest BCUT2D eigenvalue weighted by molar-refractivity contribution is 6.04. The highest BCUT2D eigenvalue weighted by Crippen LogP contribution is 2.58. The summed E-state index contributed by atoms with van der Waals surface area (Å²) < 4.78 is 26.1. The zero-order chi connectivity index (χ0) is 70.7. The molecule has 502 valence electrons. The molecule has 0 saturated carbocycles. The lowest BCUT2D eigenvalue weighted by Gasteiger charge is -2.39. The molecule has 0 amide bonds. The van der Waals surface area contributed by atoms with Crippen LogP contribution >= 0.6 is 0 Å². The van der Waals surface area contributed by atoms with Gasteiger partial charge in [-0.05, 0) is 192 Å². The summed E-state index contributed by atoms with van der Waals surface area (Å²) in [6.07, 6.45) is 8.60. The van der Waals surface area contributed by atoms with Crippen LogP contribution in [0.1, 0.15) is 232 Å². The van der Waals surface area contributed by atoms with Crippen LogP contribution in [0.15, 0.2) is 97.1 Å². The van der Waals surface area contributed by atoms with Crippen molar-refractivity contribution in [2.24, 2.45) is 0 Å². The highest BCUT2D eigenvalue weighted by atomic mass is 16.5. The highest BCUT2D eigenvalue weighted by Gasteiger charge is 2.44. The van der Waals surface area contributed by atoms with Gasteiger partial charge in [-0.15, -0.1) is 0 Å². The van der Waals surface area contributed by atoms with Crippen LogP contribution in [-0.2, 0) is 42.0 Å². The molecule has 0 atom stereocenters.